The van der Waals surface area contributed by atoms with Gasteiger partial charge in [-0.25, -0.2) is 0 Å². The summed E-state index contributed by atoms with van der Waals surface area (Å²) in [5, 5.41) is 19.5. The number of nitrogens with zero attached hydrogens (tertiary/aromatic N) is 1. The van der Waals surface area contributed by atoms with Gasteiger partial charge in [-0.1, -0.05) is 23.7 Å². The predicted molar refractivity (Wildman–Crippen MR) is 79.5 cm³/mol. The highest BCUT2D eigenvalue weighted by Crippen LogP contribution is 2.19. The van der Waals surface area contributed by atoms with E-state index < -0.39 is 6.10 Å². The van der Waals surface area contributed by atoms with E-state index in [1.54, 1.807) is 12.1 Å². The second kappa shape index (κ2) is 9.32. The molecule has 0 aliphatic heterocycles. The van der Waals surface area contributed by atoms with Gasteiger partial charge in [-0.05, 0) is 57.0 Å². The first-order chi connectivity index (χ1) is 9.13. The summed E-state index contributed by atoms with van der Waals surface area (Å²) in [5.74, 6) is 0. The van der Waals surface area contributed by atoms with Gasteiger partial charge in [0.1, 0.15) is 0 Å². The molecule has 1 rings (SSSR count). The molecule has 0 aliphatic carbocycles. The second-order valence-electron chi connectivity index (χ2n) is 4.94. The first kappa shape index (κ1) is 16.4. The number of hydrogen-bond donors (Lipinski definition) is 2. The number of aliphatic hydroxyl groups excluding tert-OH is 2. The summed E-state index contributed by atoms with van der Waals surface area (Å²) < 4.78 is 0. The van der Waals surface area contributed by atoms with Gasteiger partial charge in [0.25, 0.3) is 0 Å². The zero-order valence-electron chi connectivity index (χ0n) is 11.6. The van der Waals surface area contributed by atoms with Crippen molar-refractivity contribution < 1.29 is 10.2 Å². The first-order valence-electron chi connectivity index (χ1n) is 6.86. The highest BCUT2D eigenvalue weighted by Gasteiger charge is 2.08. The molecule has 19 heavy (non-hydrogen) atoms. The van der Waals surface area contributed by atoms with Crippen LogP contribution in [-0.2, 0) is 0 Å². The van der Waals surface area contributed by atoms with Crippen molar-refractivity contribution in [1.29, 1.82) is 0 Å². The van der Waals surface area contributed by atoms with Crippen molar-refractivity contribution in [2.24, 2.45) is 0 Å². The molecule has 0 radical (unpaired) electrons. The van der Waals surface area contributed by atoms with Crippen LogP contribution in [-0.4, -0.2) is 41.9 Å². The summed E-state index contributed by atoms with van der Waals surface area (Å²) in [5.41, 5.74) is 0.915. The van der Waals surface area contributed by atoms with Crippen LogP contribution in [0.2, 0.25) is 5.02 Å². The topological polar surface area (TPSA) is 43.7 Å². The summed E-state index contributed by atoms with van der Waals surface area (Å²) in [7, 11) is 2.06. The minimum Gasteiger partial charge on any atom is -0.396 e. The Kier molecular flexibility index (Phi) is 8.07. The molecule has 2 N–H and O–H groups in total. The molecule has 0 saturated carbocycles. The lowest BCUT2D eigenvalue weighted by Gasteiger charge is -2.19. The minimum atomic E-state index is -0.433. The van der Waals surface area contributed by atoms with Gasteiger partial charge in [0.05, 0.1) is 6.10 Å². The van der Waals surface area contributed by atoms with Gasteiger partial charge >= 0.3 is 0 Å². The molecular weight excluding hydrogens is 262 g/mol. The number of unbranched alkanes of at least 4 members (excludes halogenated alkanes) is 2. The van der Waals surface area contributed by atoms with E-state index in [9.17, 15) is 5.11 Å². The fraction of sp³-hybridized carbons (Fsp3) is 0.600. The molecule has 0 amide bonds. The molecule has 0 aromatic heterocycles. The van der Waals surface area contributed by atoms with Crippen molar-refractivity contribution in [1.82, 2.24) is 4.90 Å². The Morgan fingerprint density at radius 2 is 1.79 bits per heavy atom. The Balaban J connectivity index is 2.22. The Bertz CT molecular complexity index is 343. The third-order valence-corrected chi connectivity index (χ3v) is 3.49. The van der Waals surface area contributed by atoms with E-state index in [1.165, 1.54) is 0 Å². The monoisotopic (exact) mass is 285 g/mol. The number of aliphatic hydroxyl groups is 2. The van der Waals surface area contributed by atoms with Crippen LogP contribution in [0.15, 0.2) is 24.3 Å². The van der Waals surface area contributed by atoms with Crippen LogP contribution < -0.4 is 0 Å². The molecule has 1 aromatic carbocycles. The molecule has 4 heteroatoms. The van der Waals surface area contributed by atoms with Crippen molar-refractivity contribution >= 4 is 11.6 Å². The molecule has 0 aliphatic rings. The molecule has 0 spiro atoms. The zero-order chi connectivity index (χ0) is 14.1. The van der Waals surface area contributed by atoms with Gasteiger partial charge < -0.3 is 15.1 Å². The van der Waals surface area contributed by atoms with E-state index in [-0.39, 0.29) is 6.61 Å². The van der Waals surface area contributed by atoms with Gasteiger partial charge in [0, 0.05) is 18.2 Å². The normalized spacial score (nSPS) is 12.9. The number of hydrogen-bond acceptors (Lipinski definition) is 3. The maximum absolute atomic E-state index is 10.1. The van der Waals surface area contributed by atoms with Crippen LogP contribution >= 0.6 is 11.6 Å². The quantitative estimate of drug-likeness (QED) is 0.686. The summed E-state index contributed by atoms with van der Waals surface area (Å²) in [6.45, 7) is 2.15. The second-order valence-corrected chi connectivity index (χ2v) is 5.38. The fourth-order valence-electron chi connectivity index (χ4n) is 1.98. The summed E-state index contributed by atoms with van der Waals surface area (Å²) in [6.07, 6.45) is 3.31. The van der Waals surface area contributed by atoms with E-state index in [2.05, 4.69) is 11.9 Å². The molecule has 108 valence electrons. The fourth-order valence-corrected chi connectivity index (χ4v) is 2.10. The maximum Gasteiger partial charge on any atom is 0.0802 e. The standard InChI is InChI=1S/C15H24ClNO2/c1-17(10-3-2-4-12-18)11-9-15(19)13-5-7-14(16)8-6-13/h5-8,15,18-19H,2-4,9-12H2,1H3. The first-order valence-corrected chi connectivity index (χ1v) is 7.24. The highest BCUT2D eigenvalue weighted by atomic mass is 35.5. The minimum absolute atomic E-state index is 0.277. The highest BCUT2D eigenvalue weighted by molar-refractivity contribution is 6.30. The molecule has 0 heterocycles. The lowest BCUT2D eigenvalue weighted by molar-refractivity contribution is 0.148. The van der Waals surface area contributed by atoms with Crippen molar-refractivity contribution in [2.45, 2.75) is 31.8 Å². The van der Waals surface area contributed by atoms with E-state index >= 15 is 0 Å². The number of rotatable bonds is 9. The zero-order valence-corrected chi connectivity index (χ0v) is 12.3. The lowest BCUT2D eigenvalue weighted by atomic mass is 10.1. The van der Waals surface area contributed by atoms with Crippen LogP contribution in [0.1, 0.15) is 37.4 Å². The van der Waals surface area contributed by atoms with Crippen LogP contribution in [0.4, 0.5) is 0 Å². The Morgan fingerprint density at radius 3 is 2.42 bits per heavy atom. The maximum atomic E-state index is 10.1. The van der Waals surface area contributed by atoms with Crippen molar-refractivity contribution in [2.75, 3.05) is 26.7 Å². The number of halogens is 1. The number of benzene rings is 1. The lowest BCUT2D eigenvalue weighted by Crippen LogP contribution is -2.22. The Morgan fingerprint density at radius 1 is 1.11 bits per heavy atom. The molecule has 1 unspecified atom stereocenters. The van der Waals surface area contributed by atoms with E-state index in [1.807, 2.05) is 12.1 Å². The van der Waals surface area contributed by atoms with Gasteiger partial charge in [0.2, 0.25) is 0 Å². The smallest absolute Gasteiger partial charge is 0.0802 e. The average Bonchev–Trinajstić information content (AvgIpc) is 2.42. The van der Waals surface area contributed by atoms with Crippen molar-refractivity contribution in [3.05, 3.63) is 34.9 Å². The Labute approximate surface area is 120 Å². The van der Waals surface area contributed by atoms with Gasteiger partial charge in [-0.15, -0.1) is 0 Å². The van der Waals surface area contributed by atoms with Gasteiger partial charge in [-0.3, -0.25) is 0 Å². The van der Waals surface area contributed by atoms with E-state index in [0.29, 0.717) is 5.02 Å². The van der Waals surface area contributed by atoms with Crippen LogP contribution in [0.5, 0.6) is 0 Å². The predicted octanol–water partition coefficient (Wildman–Crippen LogP) is 2.86. The molecule has 0 saturated heterocycles. The molecule has 0 bridgehead atoms. The Hall–Kier alpha value is -0.610. The molecule has 0 fully saturated rings. The summed E-state index contributed by atoms with van der Waals surface area (Å²) in [6, 6.07) is 7.35. The van der Waals surface area contributed by atoms with Gasteiger partial charge in [-0.2, -0.15) is 0 Å². The average molecular weight is 286 g/mol. The largest absolute Gasteiger partial charge is 0.396 e. The third kappa shape index (κ3) is 6.92. The van der Waals surface area contributed by atoms with Crippen molar-refractivity contribution in [3.63, 3.8) is 0 Å². The molecule has 1 atom stereocenters. The molecule has 3 nitrogen and oxygen atoms in total. The van der Waals surface area contributed by atoms with Crippen LogP contribution in [0.25, 0.3) is 0 Å². The third-order valence-electron chi connectivity index (χ3n) is 3.24. The van der Waals surface area contributed by atoms with Crippen LogP contribution in [0, 0.1) is 0 Å². The summed E-state index contributed by atoms with van der Waals surface area (Å²) >= 11 is 5.82. The molecular formula is C15H24ClNO2. The summed E-state index contributed by atoms with van der Waals surface area (Å²) in [4.78, 5) is 2.22. The SMILES string of the molecule is CN(CCCCCO)CCC(O)c1ccc(Cl)cc1. The molecule has 1 aromatic rings. The van der Waals surface area contributed by atoms with E-state index in [4.69, 9.17) is 16.7 Å². The van der Waals surface area contributed by atoms with Crippen molar-refractivity contribution in [3.8, 4) is 0 Å². The van der Waals surface area contributed by atoms with Crippen LogP contribution in [0.3, 0.4) is 0 Å². The van der Waals surface area contributed by atoms with E-state index in [0.717, 1.165) is 44.3 Å². The van der Waals surface area contributed by atoms with Gasteiger partial charge in [0.15, 0.2) is 0 Å².